The van der Waals surface area contributed by atoms with Gasteiger partial charge in [-0.05, 0) is 30.7 Å². The van der Waals surface area contributed by atoms with Crippen molar-refractivity contribution in [2.75, 3.05) is 13.1 Å². The van der Waals surface area contributed by atoms with Crippen LogP contribution in [0.1, 0.15) is 16.8 Å². The van der Waals surface area contributed by atoms with Gasteiger partial charge in [0.25, 0.3) is 11.5 Å². The first-order valence-electron chi connectivity index (χ1n) is 7.65. The smallest absolute Gasteiger partial charge is 0.263 e. The van der Waals surface area contributed by atoms with E-state index in [1.807, 2.05) is 0 Å². The molecule has 6 nitrogen and oxygen atoms in total. The topological polar surface area (TPSA) is 76.5 Å². The number of sulfone groups is 1. The van der Waals surface area contributed by atoms with Gasteiger partial charge in [0.05, 0.1) is 10.1 Å². The predicted molar refractivity (Wildman–Crippen MR) is 89.6 cm³/mol. The van der Waals surface area contributed by atoms with E-state index in [2.05, 4.69) is 0 Å². The minimum Gasteiger partial charge on any atom is -0.337 e. The highest BCUT2D eigenvalue weighted by Crippen LogP contribution is 2.24. The van der Waals surface area contributed by atoms with Gasteiger partial charge in [-0.25, -0.2) is 8.42 Å². The number of pyridine rings is 1. The summed E-state index contributed by atoms with van der Waals surface area (Å²) in [5, 5.41) is -0.642. The van der Waals surface area contributed by atoms with Gasteiger partial charge in [0.15, 0.2) is 9.84 Å². The van der Waals surface area contributed by atoms with Gasteiger partial charge < -0.3 is 9.47 Å². The fourth-order valence-electron chi connectivity index (χ4n) is 2.90. The summed E-state index contributed by atoms with van der Waals surface area (Å²) in [6, 6.07) is 11.3. The van der Waals surface area contributed by atoms with E-state index in [0.717, 1.165) is 0 Å². The fourth-order valence-corrected chi connectivity index (χ4v) is 4.61. The first-order chi connectivity index (χ1) is 11.4. The summed E-state index contributed by atoms with van der Waals surface area (Å²) >= 11 is 0. The third-order valence-corrected chi connectivity index (χ3v) is 6.49. The van der Waals surface area contributed by atoms with Gasteiger partial charge >= 0.3 is 0 Å². The third kappa shape index (κ3) is 2.87. The van der Waals surface area contributed by atoms with Gasteiger partial charge in [-0.3, -0.25) is 9.59 Å². The third-order valence-electron chi connectivity index (χ3n) is 4.30. The van der Waals surface area contributed by atoms with Crippen LogP contribution >= 0.6 is 0 Å². The lowest BCUT2D eigenvalue weighted by molar-refractivity contribution is 0.0791. The van der Waals surface area contributed by atoms with Crippen LogP contribution in [0.25, 0.3) is 0 Å². The highest BCUT2D eigenvalue weighted by molar-refractivity contribution is 7.92. The minimum atomic E-state index is -3.48. The quantitative estimate of drug-likeness (QED) is 0.833. The van der Waals surface area contributed by atoms with Crippen LogP contribution in [-0.4, -0.2) is 42.1 Å². The first kappa shape index (κ1) is 16.4. The number of nitrogens with zero attached hydrogens (tertiary/aromatic N) is 2. The number of amides is 1. The van der Waals surface area contributed by atoms with Gasteiger partial charge in [0.1, 0.15) is 5.56 Å². The summed E-state index contributed by atoms with van der Waals surface area (Å²) < 4.78 is 26.6. The fraction of sp³-hybridized carbons (Fsp3) is 0.294. The summed E-state index contributed by atoms with van der Waals surface area (Å²) in [6.45, 7) is 0.432. The maximum absolute atomic E-state index is 12.7. The molecule has 2 heterocycles. The molecule has 1 aliphatic rings. The van der Waals surface area contributed by atoms with Crippen molar-refractivity contribution in [1.82, 2.24) is 9.47 Å². The zero-order valence-electron chi connectivity index (χ0n) is 13.3. The van der Waals surface area contributed by atoms with Crippen LogP contribution in [0.2, 0.25) is 0 Å². The van der Waals surface area contributed by atoms with Crippen LogP contribution in [0, 0.1) is 0 Å². The van der Waals surface area contributed by atoms with Crippen molar-refractivity contribution in [2.24, 2.45) is 7.05 Å². The lowest BCUT2D eigenvalue weighted by Crippen LogP contribution is -2.36. The molecule has 0 spiro atoms. The Morgan fingerprint density at radius 1 is 1.12 bits per heavy atom. The molecule has 24 heavy (non-hydrogen) atoms. The van der Waals surface area contributed by atoms with E-state index < -0.39 is 21.0 Å². The van der Waals surface area contributed by atoms with Crippen molar-refractivity contribution in [3.63, 3.8) is 0 Å². The summed E-state index contributed by atoms with van der Waals surface area (Å²) in [5.74, 6) is -0.415. The van der Waals surface area contributed by atoms with Crippen LogP contribution in [0.5, 0.6) is 0 Å². The molecule has 0 saturated carbocycles. The predicted octanol–water partition coefficient (Wildman–Crippen LogP) is 1.07. The Balaban J connectivity index is 1.82. The zero-order valence-corrected chi connectivity index (χ0v) is 14.1. The van der Waals surface area contributed by atoms with E-state index in [1.54, 1.807) is 49.6 Å². The Morgan fingerprint density at radius 2 is 1.83 bits per heavy atom. The number of aromatic nitrogens is 1. The SMILES string of the molecule is Cn1cccc(C(=O)N2CC[C@@H](S(=O)(=O)c3ccccc3)C2)c1=O. The van der Waals surface area contributed by atoms with Crippen LogP contribution in [0.15, 0.2) is 58.4 Å². The van der Waals surface area contributed by atoms with E-state index in [0.29, 0.717) is 13.0 Å². The van der Waals surface area contributed by atoms with Crippen molar-refractivity contribution in [3.8, 4) is 0 Å². The van der Waals surface area contributed by atoms with Crippen molar-refractivity contribution in [3.05, 3.63) is 64.6 Å². The van der Waals surface area contributed by atoms with Crippen LogP contribution in [0.4, 0.5) is 0 Å². The second-order valence-electron chi connectivity index (χ2n) is 5.86. The van der Waals surface area contributed by atoms with E-state index in [9.17, 15) is 18.0 Å². The number of benzene rings is 1. The van der Waals surface area contributed by atoms with E-state index in [4.69, 9.17) is 0 Å². The summed E-state index contributed by atoms with van der Waals surface area (Å²) in [4.78, 5) is 26.3. The number of carbonyl (C=O) groups excluding carboxylic acids is 1. The molecule has 2 aromatic rings. The number of carbonyl (C=O) groups is 1. The van der Waals surface area contributed by atoms with Gasteiger partial charge in [-0.15, -0.1) is 0 Å². The van der Waals surface area contributed by atoms with Gasteiger partial charge in [-0.1, -0.05) is 18.2 Å². The molecule has 3 rings (SSSR count). The molecule has 1 aromatic carbocycles. The normalized spacial score (nSPS) is 17.9. The van der Waals surface area contributed by atoms with Crippen molar-refractivity contribution in [2.45, 2.75) is 16.6 Å². The molecular formula is C17H18N2O4S. The highest BCUT2D eigenvalue weighted by Gasteiger charge is 2.36. The Kier molecular flexibility index (Phi) is 4.28. The molecule has 7 heteroatoms. The molecule has 0 unspecified atom stereocenters. The van der Waals surface area contributed by atoms with Gasteiger partial charge in [-0.2, -0.15) is 0 Å². The largest absolute Gasteiger partial charge is 0.337 e. The number of likely N-dealkylation sites (tertiary alicyclic amines) is 1. The summed E-state index contributed by atoms with van der Waals surface area (Å²) in [5.41, 5.74) is -0.311. The van der Waals surface area contributed by atoms with E-state index >= 15 is 0 Å². The molecule has 0 bridgehead atoms. The molecule has 1 fully saturated rings. The van der Waals surface area contributed by atoms with Crippen LogP contribution < -0.4 is 5.56 Å². The molecule has 1 atom stereocenters. The summed E-state index contributed by atoms with van der Waals surface area (Å²) in [7, 11) is -1.91. The van der Waals surface area contributed by atoms with Crippen molar-refractivity contribution >= 4 is 15.7 Å². The van der Waals surface area contributed by atoms with Crippen molar-refractivity contribution < 1.29 is 13.2 Å². The van der Waals surface area contributed by atoms with Crippen molar-refractivity contribution in [1.29, 1.82) is 0 Å². The minimum absolute atomic E-state index is 0.0674. The number of aryl methyl sites for hydroxylation is 1. The maximum Gasteiger partial charge on any atom is 0.263 e. The van der Waals surface area contributed by atoms with Crippen LogP contribution in [0.3, 0.4) is 0 Å². The Bertz CT molecular complexity index is 919. The number of hydrogen-bond acceptors (Lipinski definition) is 4. The summed E-state index contributed by atoms with van der Waals surface area (Å²) in [6.07, 6.45) is 1.95. The van der Waals surface area contributed by atoms with E-state index in [1.165, 1.54) is 15.5 Å². The lowest BCUT2D eigenvalue weighted by Gasteiger charge is -2.17. The Labute approximate surface area is 140 Å². The Morgan fingerprint density at radius 3 is 2.54 bits per heavy atom. The second kappa shape index (κ2) is 6.24. The zero-order chi connectivity index (χ0) is 17.3. The maximum atomic E-state index is 12.7. The first-order valence-corrected chi connectivity index (χ1v) is 9.20. The van der Waals surface area contributed by atoms with Gasteiger partial charge in [0.2, 0.25) is 0 Å². The average Bonchev–Trinajstić information content (AvgIpc) is 3.08. The van der Waals surface area contributed by atoms with E-state index in [-0.39, 0.29) is 22.6 Å². The monoisotopic (exact) mass is 346 g/mol. The highest BCUT2D eigenvalue weighted by atomic mass is 32.2. The molecule has 1 amide bonds. The molecule has 0 aliphatic carbocycles. The lowest BCUT2D eigenvalue weighted by atomic mass is 10.2. The number of hydrogen-bond donors (Lipinski definition) is 0. The molecule has 0 radical (unpaired) electrons. The average molecular weight is 346 g/mol. The molecule has 1 aromatic heterocycles. The molecule has 0 N–H and O–H groups in total. The Hall–Kier alpha value is -2.41. The second-order valence-corrected chi connectivity index (χ2v) is 8.09. The van der Waals surface area contributed by atoms with Crippen LogP contribution in [-0.2, 0) is 16.9 Å². The van der Waals surface area contributed by atoms with Gasteiger partial charge in [0, 0.05) is 26.3 Å². The standard InChI is InChI=1S/C17H18N2O4S/c1-18-10-5-8-15(16(18)20)17(21)19-11-9-14(12-19)24(22,23)13-6-3-2-4-7-13/h2-8,10,14H,9,11-12H2,1H3/t14-/m1/s1. The molecular weight excluding hydrogens is 328 g/mol. The number of rotatable bonds is 3. The molecule has 126 valence electrons. The molecule has 1 saturated heterocycles. The molecule has 1 aliphatic heterocycles.